The second kappa shape index (κ2) is 48.7. The zero-order valence-corrected chi connectivity index (χ0v) is 48.3. The standard InChI is InChI=1S/C34H53N5O11.C21H36N2O9/c1-4-45-13-14-47-17-18-49-21-22-50-20-19-48-16-15-46-12-10-30(41)36-24-29(33(43)44)39-32(42)31-25(2)37-34(38-26(31)3)35-11-6-8-27-7-5-9-28(40)23-27;1-2-27-9-10-29-13-14-31-17-18-32-16-15-30-12-11-28-8-6-22-19(24)5-7-23-20(25)3-4-21(23)26/h5,7,9,23,29,40H,4,6,8,10-22,24H2,1-3H3,(H,36,41)(H,39,42)(H,43,44)(H,35,37,38);3-4H,2,5-18H2,1H3,(H,22,24)/t29-;/m0./s1. The molecule has 3 rings (SSSR count). The van der Waals surface area contributed by atoms with Gasteiger partial charge in [-0.25, -0.2) is 14.8 Å². The Morgan fingerprint density at radius 2 is 0.988 bits per heavy atom. The van der Waals surface area contributed by atoms with E-state index in [0.29, 0.717) is 176 Å². The Bertz CT molecular complexity index is 2070. The van der Waals surface area contributed by atoms with Crippen molar-refractivity contribution >= 4 is 41.5 Å². The van der Waals surface area contributed by atoms with Gasteiger partial charge >= 0.3 is 5.97 Å². The summed E-state index contributed by atoms with van der Waals surface area (Å²) in [5.41, 5.74) is 1.93. The molecular formula is C55H89N7O20. The molecular weight excluding hydrogens is 1080 g/mol. The number of carbonyl (C=O) groups excluding carboxylic acids is 5. The lowest BCUT2D eigenvalue weighted by atomic mass is 10.1. The number of carboxylic acids is 1. The number of amides is 5. The van der Waals surface area contributed by atoms with Gasteiger partial charge in [0.25, 0.3) is 17.7 Å². The summed E-state index contributed by atoms with van der Waals surface area (Å²) in [5.74, 6) is -2.83. The van der Waals surface area contributed by atoms with Crippen LogP contribution in [0.2, 0.25) is 0 Å². The number of aromatic nitrogens is 2. The fourth-order valence-electron chi connectivity index (χ4n) is 6.93. The van der Waals surface area contributed by atoms with Gasteiger partial charge in [-0.15, -0.1) is 0 Å². The van der Waals surface area contributed by atoms with Crippen molar-refractivity contribution in [2.24, 2.45) is 0 Å². The minimum absolute atomic E-state index is 0.00922. The van der Waals surface area contributed by atoms with E-state index in [9.17, 15) is 39.0 Å². The van der Waals surface area contributed by atoms with Crippen LogP contribution in [0.1, 0.15) is 60.4 Å². The van der Waals surface area contributed by atoms with Crippen LogP contribution in [0, 0.1) is 13.8 Å². The van der Waals surface area contributed by atoms with Crippen molar-refractivity contribution in [2.75, 3.05) is 190 Å². The van der Waals surface area contributed by atoms with Gasteiger partial charge in [-0.1, -0.05) is 12.1 Å². The van der Waals surface area contributed by atoms with E-state index in [2.05, 4.69) is 31.2 Å². The summed E-state index contributed by atoms with van der Waals surface area (Å²) in [6.07, 6.45) is 3.98. The molecule has 82 heavy (non-hydrogen) atoms. The number of benzene rings is 1. The number of aliphatic carboxylic acids is 1. The summed E-state index contributed by atoms with van der Waals surface area (Å²) in [5, 5.41) is 30.0. The molecule has 1 aromatic heterocycles. The van der Waals surface area contributed by atoms with Crippen LogP contribution in [0.3, 0.4) is 0 Å². The molecule has 5 amide bonds. The molecule has 2 heterocycles. The van der Waals surface area contributed by atoms with Gasteiger partial charge in [0.05, 0.1) is 162 Å². The zero-order valence-electron chi connectivity index (χ0n) is 48.3. The van der Waals surface area contributed by atoms with Crippen molar-refractivity contribution in [3.05, 3.63) is 58.9 Å². The molecule has 0 unspecified atom stereocenters. The molecule has 27 heteroatoms. The third-order valence-corrected chi connectivity index (χ3v) is 11.1. The van der Waals surface area contributed by atoms with E-state index in [0.717, 1.165) is 23.3 Å². The van der Waals surface area contributed by atoms with Gasteiger partial charge < -0.3 is 88.3 Å². The molecule has 0 spiro atoms. The number of phenols is 1. The minimum Gasteiger partial charge on any atom is -0.508 e. The second-order valence-electron chi connectivity index (χ2n) is 17.5. The monoisotopic (exact) mass is 1170 g/mol. The molecule has 0 fully saturated rings. The highest BCUT2D eigenvalue weighted by Gasteiger charge is 2.25. The minimum atomic E-state index is -1.37. The van der Waals surface area contributed by atoms with Gasteiger partial charge in [0.1, 0.15) is 11.8 Å². The van der Waals surface area contributed by atoms with Crippen molar-refractivity contribution in [1.82, 2.24) is 30.8 Å². The smallest absolute Gasteiger partial charge is 0.328 e. The van der Waals surface area contributed by atoms with Gasteiger partial charge in [0, 0.05) is 64.4 Å². The molecule has 464 valence electrons. The van der Waals surface area contributed by atoms with E-state index in [1.807, 2.05) is 19.9 Å². The fourth-order valence-corrected chi connectivity index (χ4v) is 6.93. The molecule has 6 N–H and O–H groups in total. The number of hydrogen-bond acceptors (Lipinski definition) is 22. The number of phenolic OH excluding ortho intramolecular Hbond substituents is 1. The first-order valence-electron chi connectivity index (χ1n) is 27.8. The fraction of sp³-hybridized carbons (Fsp3) is 0.673. The summed E-state index contributed by atoms with van der Waals surface area (Å²) in [6.45, 7) is 19.2. The number of hydrogen-bond donors (Lipinski definition) is 6. The number of imide groups is 1. The Kier molecular flexibility index (Phi) is 42.9. The van der Waals surface area contributed by atoms with Crippen LogP contribution in [0.25, 0.3) is 0 Å². The molecule has 0 saturated carbocycles. The molecule has 1 atom stereocenters. The van der Waals surface area contributed by atoms with Crippen LogP contribution in [0.15, 0.2) is 36.4 Å². The Morgan fingerprint density at radius 1 is 0.561 bits per heavy atom. The number of carbonyl (C=O) groups is 6. The second-order valence-corrected chi connectivity index (χ2v) is 17.5. The first-order chi connectivity index (χ1) is 39.9. The third kappa shape index (κ3) is 37.3. The lowest BCUT2D eigenvalue weighted by Crippen LogP contribution is -2.48. The van der Waals surface area contributed by atoms with Gasteiger partial charge in [-0.05, 0) is 58.2 Å². The van der Waals surface area contributed by atoms with Crippen LogP contribution < -0.4 is 21.3 Å². The molecule has 2 aromatic rings. The van der Waals surface area contributed by atoms with Crippen LogP contribution >= 0.6 is 0 Å². The number of rotatable bonds is 51. The first kappa shape index (κ1) is 72.3. The van der Waals surface area contributed by atoms with Crippen LogP contribution in [0.5, 0.6) is 5.75 Å². The Labute approximate surface area is 481 Å². The first-order valence-corrected chi connectivity index (χ1v) is 27.8. The van der Waals surface area contributed by atoms with E-state index in [1.54, 1.807) is 32.0 Å². The van der Waals surface area contributed by atoms with Gasteiger partial charge in [0.2, 0.25) is 17.8 Å². The maximum Gasteiger partial charge on any atom is 0.328 e. The average molecular weight is 1170 g/mol. The van der Waals surface area contributed by atoms with Crippen molar-refractivity contribution < 1.29 is 95.8 Å². The number of anilines is 1. The van der Waals surface area contributed by atoms with Gasteiger partial charge in [-0.3, -0.25) is 28.9 Å². The van der Waals surface area contributed by atoms with Crippen LogP contribution in [0.4, 0.5) is 5.95 Å². The highest BCUT2D eigenvalue weighted by molar-refractivity contribution is 6.13. The zero-order chi connectivity index (χ0) is 59.7. The van der Waals surface area contributed by atoms with E-state index in [4.69, 9.17) is 56.8 Å². The predicted molar refractivity (Wildman–Crippen MR) is 298 cm³/mol. The molecule has 27 nitrogen and oxygen atoms in total. The lowest BCUT2D eigenvalue weighted by Gasteiger charge is -2.17. The number of aromatic hydroxyl groups is 1. The summed E-state index contributed by atoms with van der Waals surface area (Å²) in [7, 11) is 0. The van der Waals surface area contributed by atoms with E-state index in [-0.39, 0.29) is 68.2 Å². The maximum atomic E-state index is 13.0. The Hall–Kier alpha value is -5.82. The summed E-state index contributed by atoms with van der Waals surface area (Å²) in [4.78, 5) is 81.3. The average Bonchev–Trinajstić information content (AvgIpc) is 3.82. The Morgan fingerprint density at radius 3 is 1.43 bits per heavy atom. The SMILES string of the molecule is CCOCCOCCOCCOCCOCCOCCC(=O)NC[C@H](NC(=O)c1c(C)nc(NCCCc2cccc(O)c2)nc1C)C(=O)O.CCOCCOCCOCCOCCOCCOCCNC(=O)CCN1C(=O)C=CC1=O. The van der Waals surface area contributed by atoms with Crippen molar-refractivity contribution in [3.63, 3.8) is 0 Å². The molecule has 0 aliphatic carbocycles. The third-order valence-electron chi connectivity index (χ3n) is 11.1. The lowest BCUT2D eigenvalue weighted by molar-refractivity contribution is -0.140. The number of nitrogens with one attached hydrogen (secondary N) is 4. The number of nitrogens with zero attached hydrogens (tertiary/aromatic N) is 3. The molecule has 1 aliphatic heterocycles. The summed E-state index contributed by atoms with van der Waals surface area (Å²) in [6, 6.07) is 5.69. The normalized spacial score (nSPS) is 12.3. The number of aryl methyl sites for hydroxylation is 3. The molecule has 0 saturated heterocycles. The molecule has 0 bridgehead atoms. The van der Waals surface area contributed by atoms with Gasteiger partial charge in [0.15, 0.2) is 0 Å². The van der Waals surface area contributed by atoms with E-state index >= 15 is 0 Å². The number of ether oxygens (including phenoxy) is 12. The molecule has 0 radical (unpaired) electrons. The highest BCUT2D eigenvalue weighted by Crippen LogP contribution is 2.15. The quantitative estimate of drug-likeness (QED) is 0.0400. The van der Waals surface area contributed by atoms with E-state index in [1.165, 1.54) is 12.2 Å². The maximum absolute atomic E-state index is 13.0. The highest BCUT2D eigenvalue weighted by atomic mass is 16.6. The van der Waals surface area contributed by atoms with Crippen molar-refractivity contribution in [3.8, 4) is 5.75 Å². The summed E-state index contributed by atoms with van der Waals surface area (Å²) >= 11 is 0. The summed E-state index contributed by atoms with van der Waals surface area (Å²) < 4.78 is 64.2. The van der Waals surface area contributed by atoms with Crippen LogP contribution in [-0.2, 0) is 87.2 Å². The number of carboxylic acid groups (broad SMARTS) is 1. The predicted octanol–water partition coefficient (Wildman–Crippen LogP) is 1.19. The topological polar surface area (TPSA) is 331 Å². The van der Waals surface area contributed by atoms with Crippen molar-refractivity contribution in [1.29, 1.82) is 0 Å². The largest absolute Gasteiger partial charge is 0.508 e. The molecule has 1 aromatic carbocycles. The van der Waals surface area contributed by atoms with Crippen molar-refractivity contribution in [2.45, 2.75) is 59.4 Å². The van der Waals surface area contributed by atoms with E-state index < -0.39 is 23.8 Å². The molecule has 1 aliphatic rings. The van der Waals surface area contributed by atoms with Gasteiger partial charge in [-0.2, -0.15) is 0 Å². The van der Waals surface area contributed by atoms with Crippen LogP contribution in [-0.4, -0.2) is 251 Å². The Balaban J connectivity index is 0.000000618.